The van der Waals surface area contributed by atoms with Gasteiger partial charge < -0.3 is 10.1 Å². The van der Waals surface area contributed by atoms with E-state index in [4.69, 9.17) is 4.74 Å². The van der Waals surface area contributed by atoms with Crippen molar-refractivity contribution in [2.75, 3.05) is 7.11 Å². The average Bonchev–Trinajstić information content (AvgIpc) is 2.82. The van der Waals surface area contributed by atoms with Gasteiger partial charge in [-0.05, 0) is 38.0 Å². The zero-order valence-electron chi connectivity index (χ0n) is 12.7. The lowest BCUT2D eigenvalue weighted by Gasteiger charge is -2.06. The molecule has 1 aromatic heterocycles. The quantitative estimate of drug-likeness (QED) is 0.856. The summed E-state index contributed by atoms with van der Waals surface area (Å²) < 4.78 is 5.11. The van der Waals surface area contributed by atoms with Crippen LogP contribution in [0.15, 0.2) is 24.3 Å². The second kappa shape index (κ2) is 6.92. The lowest BCUT2D eigenvalue weighted by Crippen LogP contribution is -2.23. The van der Waals surface area contributed by atoms with Crippen molar-refractivity contribution in [1.29, 1.82) is 0 Å². The fourth-order valence-corrected chi connectivity index (χ4v) is 2.16. The Bertz CT molecular complexity index is 583. The molecule has 0 atom stereocenters. The Morgan fingerprint density at radius 3 is 2.57 bits per heavy atom. The first-order valence-corrected chi connectivity index (χ1v) is 7.00. The van der Waals surface area contributed by atoms with Gasteiger partial charge in [0, 0.05) is 24.2 Å². The van der Waals surface area contributed by atoms with E-state index in [0.717, 1.165) is 34.7 Å². The predicted octanol–water partition coefficient (Wildman–Crippen LogP) is 2.28. The van der Waals surface area contributed by atoms with Gasteiger partial charge in [-0.3, -0.25) is 9.89 Å². The molecule has 112 valence electrons. The highest BCUT2D eigenvalue weighted by molar-refractivity contribution is 5.76. The highest BCUT2D eigenvalue weighted by Crippen LogP contribution is 2.13. The Balaban J connectivity index is 1.79. The molecule has 5 heteroatoms. The fourth-order valence-electron chi connectivity index (χ4n) is 2.16. The van der Waals surface area contributed by atoms with Gasteiger partial charge in [-0.25, -0.2) is 0 Å². The van der Waals surface area contributed by atoms with Gasteiger partial charge in [0.2, 0.25) is 5.91 Å². The van der Waals surface area contributed by atoms with Crippen molar-refractivity contribution in [2.45, 2.75) is 33.2 Å². The van der Waals surface area contributed by atoms with Crippen LogP contribution in [0.3, 0.4) is 0 Å². The maximum absolute atomic E-state index is 11.9. The van der Waals surface area contributed by atoms with E-state index in [1.54, 1.807) is 7.11 Å². The van der Waals surface area contributed by atoms with Crippen molar-refractivity contribution >= 4 is 5.91 Å². The number of ether oxygens (including phenoxy) is 1. The van der Waals surface area contributed by atoms with Gasteiger partial charge in [0.25, 0.3) is 0 Å². The second-order valence-electron chi connectivity index (χ2n) is 5.04. The van der Waals surface area contributed by atoms with E-state index in [-0.39, 0.29) is 5.91 Å². The molecule has 0 saturated carbocycles. The normalized spacial score (nSPS) is 10.4. The van der Waals surface area contributed by atoms with Crippen molar-refractivity contribution < 1.29 is 9.53 Å². The Morgan fingerprint density at radius 1 is 1.29 bits per heavy atom. The molecule has 1 amide bonds. The number of H-pyrrole nitrogens is 1. The molecule has 1 heterocycles. The Hall–Kier alpha value is -2.30. The summed E-state index contributed by atoms with van der Waals surface area (Å²) in [5.41, 5.74) is 4.13. The summed E-state index contributed by atoms with van der Waals surface area (Å²) in [4.78, 5) is 11.9. The minimum absolute atomic E-state index is 0.0471. The summed E-state index contributed by atoms with van der Waals surface area (Å²) in [6.07, 6.45) is 1.20. The molecule has 0 aliphatic heterocycles. The highest BCUT2D eigenvalue weighted by Gasteiger charge is 2.08. The number of hydrogen-bond donors (Lipinski definition) is 2. The summed E-state index contributed by atoms with van der Waals surface area (Å²) >= 11 is 0. The molecule has 0 unspecified atom stereocenters. The topological polar surface area (TPSA) is 67.0 Å². The van der Waals surface area contributed by atoms with E-state index in [0.29, 0.717) is 13.0 Å². The fraction of sp³-hybridized carbons (Fsp3) is 0.375. The molecule has 1 aromatic carbocycles. The maximum Gasteiger partial charge on any atom is 0.220 e. The molecule has 0 bridgehead atoms. The average molecular weight is 287 g/mol. The lowest BCUT2D eigenvalue weighted by molar-refractivity contribution is -0.121. The number of carbonyl (C=O) groups excluding carboxylic acids is 1. The number of amides is 1. The summed E-state index contributed by atoms with van der Waals surface area (Å²) in [6, 6.07) is 7.78. The van der Waals surface area contributed by atoms with Gasteiger partial charge in [0.05, 0.1) is 12.8 Å². The van der Waals surface area contributed by atoms with Crippen LogP contribution in [0.4, 0.5) is 0 Å². The molecule has 0 aliphatic carbocycles. The zero-order valence-corrected chi connectivity index (χ0v) is 12.7. The third-order valence-electron chi connectivity index (χ3n) is 3.54. The van der Waals surface area contributed by atoms with Crippen LogP contribution >= 0.6 is 0 Å². The number of hydrogen-bond acceptors (Lipinski definition) is 3. The van der Waals surface area contributed by atoms with Crippen LogP contribution in [-0.4, -0.2) is 23.2 Å². The number of benzene rings is 1. The van der Waals surface area contributed by atoms with Gasteiger partial charge in [0.1, 0.15) is 5.75 Å². The van der Waals surface area contributed by atoms with E-state index < -0.39 is 0 Å². The van der Waals surface area contributed by atoms with Gasteiger partial charge in [-0.1, -0.05) is 12.1 Å². The number of aryl methyl sites for hydroxylation is 3. The van der Waals surface area contributed by atoms with Crippen molar-refractivity contribution in [3.63, 3.8) is 0 Å². The first-order valence-electron chi connectivity index (χ1n) is 7.00. The minimum atomic E-state index is 0.0471. The third-order valence-corrected chi connectivity index (χ3v) is 3.54. The Kier molecular flexibility index (Phi) is 4.98. The summed E-state index contributed by atoms with van der Waals surface area (Å²) in [7, 11) is 1.64. The first kappa shape index (κ1) is 15.1. The van der Waals surface area contributed by atoms with Crippen molar-refractivity contribution in [1.82, 2.24) is 15.5 Å². The maximum atomic E-state index is 11.9. The molecular weight excluding hydrogens is 266 g/mol. The zero-order chi connectivity index (χ0) is 15.2. The molecule has 21 heavy (non-hydrogen) atoms. The van der Waals surface area contributed by atoms with Crippen LogP contribution in [0.25, 0.3) is 0 Å². The molecule has 0 fully saturated rings. The van der Waals surface area contributed by atoms with Crippen LogP contribution in [-0.2, 0) is 17.8 Å². The van der Waals surface area contributed by atoms with E-state index in [1.807, 2.05) is 38.1 Å². The summed E-state index contributed by atoms with van der Waals surface area (Å²) in [5.74, 6) is 0.875. The second-order valence-corrected chi connectivity index (χ2v) is 5.04. The standard InChI is InChI=1S/C16H21N3O2/c1-11-15(12(2)19-18-11)10-17-16(20)9-6-13-4-7-14(21-3)8-5-13/h4-5,7-8H,6,9-10H2,1-3H3,(H,17,20)(H,18,19). The number of aromatic nitrogens is 2. The molecule has 2 N–H and O–H groups in total. The molecule has 2 aromatic rings. The van der Waals surface area contributed by atoms with Crippen LogP contribution in [0.2, 0.25) is 0 Å². The molecule has 2 rings (SSSR count). The van der Waals surface area contributed by atoms with Crippen molar-refractivity contribution in [2.24, 2.45) is 0 Å². The molecule has 5 nitrogen and oxygen atoms in total. The number of methoxy groups -OCH3 is 1. The molecule has 0 saturated heterocycles. The van der Waals surface area contributed by atoms with E-state index >= 15 is 0 Å². The van der Waals surface area contributed by atoms with E-state index in [9.17, 15) is 4.79 Å². The lowest BCUT2D eigenvalue weighted by atomic mass is 10.1. The number of aromatic amines is 1. The monoisotopic (exact) mass is 287 g/mol. The number of rotatable bonds is 6. The van der Waals surface area contributed by atoms with E-state index in [2.05, 4.69) is 15.5 Å². The Morgan fingerprint density at radius 2 is 2.00 bits per heavy atom. The summed E-state index contributed by atoms with van der Waals surface area (Å²) in [6.45, 7) is 4.41. The Labute approximate surface area is 124 Å². The van der Waals surface area contributed by atoms with Crippen LogP contribution < -0.4 is 10.1 Å². The molecule has 0 radical (unpaired) electrons. The van der Waals surface area contributed by atoms with Crippen molar-refractivity contribution in [3.8, 4) is 5.75 Å². The predicted molar refractivity (Wildman–Crippen MR) is 81.2 cm³/mol. The third kappa shape index (κ3) is 4.08. The van der Waals surface area contributed by atoms with E-state index in [1.165, 1.54) is 0 Å². The molecule has 0 aliphatic rings. The van der Waals surface area contributed by atoms with Gasteiger partial charge in [-0.2, -0.15) is 5.10 Å². The largest absolute Gasteiger partial charge is 0.497 e. The van der Waals surface area contributed by atoms with Crippen LogP contribution in [0.1, 0.15) is 28.9 Å². The summed E-state index contributed by atoms with van der Waals surface area (Å²) in [5, 5.41) is 9.97. The van der Waals surface area contributed by atoms with Gasteiger partial charge >= 0.3 is 0 Å². The first-order chi connectivity index (χ1) is 10.1. The van der Waals surface area contributed by atoms with Gasteiger partial charge in [-0.15, -0.1) is 0 Å². The molecule has 0 spiro atoms. The van der Waals surface area contributed by atoms with Crippen molar-refractivity contribution in [3.05, 3.63) is 46.8 Å². The highest BCUT2D eigenvalue weighted by atomic mass is 16.5. The number of nitrogens with zero attached hydrogens (tertiary/aromatic N) is 1. The van der Waals surface area contributed by atoms with Crippen LogP contribution in [0.5, 0.6) is 5.75 Å². The smallest absolute Gasteiger partial charge is 0.220 e. The SMILES string of the molecule is COc1ccc(CCC(=O)NCc2c(C)n[nH]c2C)cc1. The van der Waals surface area contributed by atoms with Crippen LogP contribution in [0, 0.1) is 13.8 Å². The van der Waals surface area contributed by atoms with Gasteiger partial charge in [0.15, 0.2) is 0 Å². The number of nitrogens with one attached hydrogen (secondary N) is 2. The number of carbonyl (C=O) groups is 1. The minimum Gasteiger partial charge on any atom is -0.497 e. The molecular formula is C16H21N3O2.